The third-order valence-corrected chi connectivity index (χ3v) is 3.55. The van der Waals surface area contributed by atoms with Gasteiger partial charge in [-0.05, 0) is 13.3 Å². The first kappa shape index (κ1) is 15.6. The minimum Gasteiger partial charge on any atom is -0.353 e. The fourth-order valence-electron chi connectivity index (χ4n) is 1.36. The summed E-state index contributed by atoms with van der Waals surface area (Å²) in [5, 5.41) is 5.90. The Kier molecular flexibility index (Phi) is 9.52. The van der Waals surface area contributed by atoms with Crippen molar-refractivity contribution in [3.8, 4) is 0 Å². The Hall–Kier alpha value is -0.420. The van der Waals surface area contributed by atoms with Gasteiger partial charge in [-0.3, -0.25) is 9.00 Å². The van der Waals surface area contributed by atoms with Gasteiger partial charge in [0.05, 0.1) is 6.54 Å². The number of carbonyl (C=O) groups excluding carboxylic acids is 1. The molecule has 0 aliphatic heterocycles. The van der Waals surface area contributed by atoms with E-state index in [-0.39, 0.29) is 11.9 Å². The fraction of sp³-hybridized carbons (Fsp3) is 0.909. The van der Waals surface area contributed by atoms with Crippen LogP contribution in [0.1, 0.15) is 33.6 Å². The Morgan fingerprint density at radius 3 is 2.62 bits per heavy atom. The van der Waals surface area contributed by atoms with Gasteiger partial charge in [0.15, 0.2) is 0 Å². The summed E-state index contributed by atoms with van der Waals surface area (Å²) < 4.78 is 11.1. The Bertz CT molecular complexity index is 222. The predicted molar refractivity (Wildman–Crippen MR) is 68.9 cm³/mol. The molecule has 96 valence electrons. The standard InChI is InChI=1S/C11H24N2O2S/c1-4-6-10(3)13-11(14)9-12-7-8-16(15)5-2/h10,12H,4-9H2,1-3H3,(H,13,14). The van der Waals surface area contributed by atoms with E-state index in [0.717, 1.165) is 12.8 Å². The van der Waals surface area contributed by atoms with Crippen LogP contribution in [0.2, 0.25) is 0 Å². The number of amides is 1. The highest BCUT2D eigenvalue weighted by atomic mass is 32.2. The van der Waals surface area contributed by atoms with Crippen LogP contribution in [0, 0.1) is 0 Å². The molecule has 0 aromatic carbocycles. The second kappa shape index (κ2) is 9.78. The molecule has 0 radical (unpaired) electrons. The van der Waals surface area contributed by atoms with E-state index in [1.54, 1.807) is 0 Å². The second-order valence-electron chi connectivity index (χ2n) is 3.87. The zero-order valence-electron chi connectivity index (χ0n) is 10.5. The molecule has 0 aromatic heterocycles. The van der Waals surface area contributed by atoms with Gasteiger partial charge in [-0.1, -0.05) is 20.3 Å². The van der Waals surface area contributed by atoms with Crippen molar-refractivity contribution < 1.29 is 9.00 Å². The summed E-state index contributed by atoms with van der Waals surface area (Å²) in [6.07, 6.45) is 2.08. The van der Waals surface area contributed by atoms with Gasteiger partial charge >= 0.3 is 0 Å². The van der Waals surface area contributed by atoms with E-state index >= 15 is 0 Å². The van der Waals surface area contributed by atoms with E-state index in [2.05, 4.69) is 17.6 Å². The van der Waals surface area contributed by atoms with Crippen LogP contribution in [-0.2, 0) is 15.6 Å². The van der Waals surface area contributed by atoms with Crippen molar-refractivity contribution in [2.24, 2.45) is 0 Å². The highest BCUT2D eigenvalue weighted by molar-refractivity contribution is 7.84. The quantitative estimate of drug-likeness (QED) is 0.589. The minimum absolute atomic E-state index is 0.0169. The van der Waals surface area contributed by atoms with Gasteiger partial charge in [0, 0.05) is 34.9 Å². The molecule has 0 saturated carbocycles. The molecule has 0 rings (SSSR count). The summed E-state index contributed by atoms with van der Waals surface area (Å²) in [7, 11) is -0.750. The average molecular weight is 248 g/mol. The molecule has 0 saturated heterocycles. The zero-order valence-corrected chi connectivity index (χ0v) is 11.4. The maximum absolute atomic E-state index is 11.4. The second-order valence-corrected chi connectivity index (χ2v) is 5.73. The van der Waals surface area contributed by atoms with Crippen LogP contribution in [0.3, 0.4) is 0 Å². The molecule has 2 unspecified atom stereocenters. The molecule has 16 heavy (non-hydrogen) atoms. The van der Waals surface area contributed by atoms with Gasteiger partial charge in [-0.25, -0.2) is 0 Å². The fourth-order valence-corrected chi connectivity index (χ4v) is 2.02. The molecule has 5 heteroatoms. The molecule has 2 N–H and O–H groups in total. The number of hydrogen-bond acceptors (Lipinski definition) is 3. The summed E-state index contributed by atoms with van der Waals surface area (Å²) in [6, 6.07) is 0.240. The molecule has 0 aliphatic rings. The van der Waals surface area contributed by atoms with Crippen LogP contribution < -0.4 is 10.6 Å². The normalized spacial score (nSPS) is 14.4. The highest BCUT2D eigenvalue weighted by Gasteiger charge is 2.05. The number of hydrogen-bond donors (Lipinski definition) is 2. The Morgan fingerprint density at radius 1 is 1.38 bits per heavy atom. The Labute approximate surface area is 101 Å². The van der Waals surface area contributed by atoms with E-state index in [9.17, 15) is 9.00 Å². The SMILES string of the molecule is CCCC(C)NC(=O)CNCCS(=O)CC. The van der Waals surface area contributed by atoms with Crippen molar-refractivity contribution in [2.75, 3.05) is 24.6 Å². The molecule has 0 fully saturated rings. The van der Waals surface area contributed by atoms with Gasteiger partial charge in [0.1, 0.15) is 0 Å². The monoisotopic (exact) mass is 248 g/mol. The lowest BCUT2D eigenvalue weighted by atomic mass is 10.2. The van der Waals surface area contributed by atoms with Crippen molar-refractivity contribution in [1.82, 2.24) is 10.6 Å². The van der Waals surface area contributed by atoms with E-state index in [1.165, 1.54) is 0 Å². The molecule has 0 aliphatic carbocycles. The Balaban J connectivity index is 3.47. The van der Waals surface area contributed by atoms with E-state index in [0.29, 0.717) is 24.6 Å². The van der Waals surface area contributed by atoms with E-state index < -0.39 is 10.8 Å². The van der Waals surface area contributed by atoms with Crippen molar-refractivity contribution >= 4 is 16.7 Å². The Morgan fingerprint density at radius 2 is 2.06 bits per heavy atom. The zero-order chi connectivity index (χ0) is 12.4. The van der Waals surface area contributed by atoms with Gasteiger partial charge < -0.3 is 10.6 Å². The van der Waals surface area contributed by atoms with Crippen LogP contribution in [0.25, 0.3) is 0 Å². The van der Waals surface area contributed by atoms with Gasteiger partial charge in [-0.2, -0.15) is 0 Å². The molecule has 0 heterocycles. The minimum atomic E-state index is -0.750. The van der Waals surface area contributed by atoms with Gasteiger partial charge in [0.2, 0.25) is 5.91 Å². The number of rotatable bonds is 9. The summed E-state index contributed by atoms with van der Waals surface area (Å²) in [5.41, 5.74) is 0. The third kappa shape index (κ3) is 8.85. The van der Waals surface area contributed by atoms with Gasteiger partial charge in [0.25, 0.3) is 0 Å². The molecule has 0 aromatic rings. The van der Waals surface area contributed by atoms with Crippen molar-refractivity contribution in [2.45, 2.75) is 39.7 Å². The highest BCUT2D eigenvalue weighted by Crippen LogP contribution is 1.93. The molecule has 2 atom stereocenters. The third-order valence-electron chi connectivity index (χ3n) is 2.24. The van der Waals surface area contributed by atoms with Crippen LogP contribution in [0.4, 0.5) is 0 Å². The maximum atomic E-state index is 11.4. The van der Waals surface area contributed by atoms with Crippen molar-refractivity contribution in [1.29, 1.82) is 0 Å². The molecular formula is C11H24N2O2S. The molecule has 1 amide bonds. The number of nitrogens with one attached hydrogen (secondary N) is 2. The van der Waals surface area contributed by atoms with Crippen LogP contribution in [0.5, 0.6) is 0 Å². The summed E-state index contributed by atoms with van der Waals surface area (Å²) in [5.74, 6) is 1.32. The van der Waals surface area contributed by atoms with Crippen LogP contribution in [0.15, 0.2) is 0 Å². The first-order valence-corrected chi connectivity index (χ1v) is 7.44. The summed E-state index contributed by atoms with van der Waals surface area (Å²) in [4.78, 5) is 11.4. The smallest absolute Gasteiger partial charge is 0.234 e. The van der Waals surface area contributed by atoms with E-state index in [4.69, 9.17) is 0 Å². The van der Waals surface area contributed by atoms with Gasteiger partial charge in [-0.15, -0.1) is 0 Å². The lowest BCUT2D eigenvalue weighted by Gasteiger charge is -2.12. The molecule has 0 bridgehead atoms. The largest absolute Gasteiger partial charge is 0.353 e. The lowest BCUT2D eigenvalue weighted by Crippen LogP contribution is -2.39. The first-order valence-electron chi connectivity index (χ1n) is 5.95. The van der Waals surface area contributed by atoms with Crippen molar-refractivity contribution in [3.05, 3.63) is 0 Å². The number of carbonyl (C=O) groups is 1. The van der Waals surface area contributed by atoms with Crippen molar-refractivity contribution in [3.63, 3.8) is 0 Å². The maximum Gasteiger partial charge on any atom is 0.234 e. The predicted octanol–water partition coefficient (Wildman–Crippen LogP) is 0.649. The molecule has 4 nitrogen and oxygen atoms in total. The summed E-state index contributed by atoms with van der Waals surface area (Å²) >= 11 is 0. The van der Waals surface area contributed by atoms with Crippen LogP contribution >= 0.6 is 0 Å². The summed E-state index contributed by atoms with van der Waals surface area (Å²) in [6.45, 7) is 6.95. The lowest BCUT2D eigenvalue weighted by molar-refractivity contribution is -0.120. The first-order chi connectivity index (χ1) is 7.60. The van der Waals surface area contributed by atoms with E-state index in [1.807, 2.05) is 13.8 Å². The van der Waals surface area contributed by atoms with Crippen LogP contribution in [-0.4, -0.2) is 40.8 Å². The average Bonchev–Trinajstić information content (AvgIpc) is 2.24. The molecule has 0 spiro atoms. The topological polar surface area (TPSA) is 58.2 Å². The molecular weight excluding hydrogens is 224 g/mol.